The molecule has 232 valence electrons. The van der Waals surface area contributed by atoms with Gasteiger partial charge in [-0.25, -0.2) is 14.8 Å². The summed E-state index contributed by atoms with van der Waals surface area (Å²) < 4.78 is 15.6. The first-order valence-corrected chi connectivity index (χ1v) is 13.9. The Kier molecular flexibility index (Phi) is 10.8. The fraction of sp³-hybridized carbons (Fsp3) is 0.333. The van der Waals surface area contributed by atoms with E-state index in [-0.39, 0.29) is 11.9 Å². The number of nitrogens with two attached hydrogens (primary N) is 4. The van der Waals surface area contributed by atoms with Gasteiger partial charge in [-0.05, 0) is 0 Å². The van der Waals surface area contributed by atoms with Crippen molar-refractivity contribution in [3.8, 4) is 0 Å². The van der Waals surface area contributed by atoms with Gasteiger partial charge in [0.25, 0.3) is 5.56 Å². The normalized spacial score (nSPS) is 19.2. The van der Waals surface area contributed by atoms with E-state index >= 15 is 0 Å². The Bertz CT molecular complexity index is 1720. The zero-order chi connectivity index (χ0) is 31.8. The van der Waals surface area contributed by atoms with Gasteiger partial charge in [0.2, 0.25) is 11.9 Å². The molecule has 0 aliphatic carbocycles. The molecule has 6 heterocycles. The van der Waals surface area contributed by atoms with Crippen molar-refractivity contribution < 1.29 is 24.3 Å². The number of aliphatic hydroxyl groups excluding tert-OH is 3. The van der Waals surface area contributed by atoms with Crippen molar-refractivity contribution in [1.29, 1.82) is 0 Å². The smallest absolute Gasteiger partial charge is 0.330 e. The third-order valence-electron chi connectivity index (χ3n) is 5.30. The molecule has 0 bridgehead atoms. The largest absolute Gasteiger partial charge is 0.394 e. The van der Waals surface area contributed by atoms with Crippen LogP contribution in [0.25, 0.3) is 22.3 Å². The maximum atomic E-state index is 11.4. The molecule has 21 nitrogen and oxygen atoms in total. The van der Waals surface area contributed by atoms with E-state index in [4.69, 9.17) is 32.8 Å². The molecule has 14 N–H and O–H groups in total. The molecule has 5 aromatic rings. The highest BCUT2D eigenvalue weighted by Crippen LogP contribution is 2.27. The van der Waals surface area contributed by atoms with Crippen LogP contribution in [-0.4, -0.2) is 106 Å². The van der Waals surface area contributed by atoms with Gasteiger partial charge in [0.05, 0.1) is 19.3 Å². The predicted molar refractivity (Wildman–Crippen MR) is 155 cm³/mol. The molecule has 0 unspecified atom stereocenters. The molecule has 43 heavy (non-hydrogen) atoms. The molecular weight excluding hydrogens is 592 g/mol. The Labute approximate surface area is 242 Å². The van der Waals surface area contributed by atoms with Crippen LogP contribution in [0.4, 0.5) is 23.5 Å². The molecule has 1 aliphatic rings. The molecule has 0 radical (unpaired) electrons. The summed E-state index contributed by atoms with van der Waals surface area (Å²) in [5, 5.41) is 28.1. The van der Waals surface area contributed by atoms with Crippen molar-refractivity contribution in [3.05, 3.63) is 45.8 Å². The number of nitrogens with zero attached hydrogens (tertiary/aromatic N) is 7. The number of imidazole rings is 2. The lowest BCUT2D eigenvalue weighted by Crippen LogP contribution is -2.37. The number of rotatable bonds is 2. The highest BCUT2D eigenvalue weighted by molar-refractivity contribution is 7.83. The second-order valence-corrected chi connectivity index (χ2v) is 10.1. The average Bonchev–Trinajstić information content (AvgIpc) is 3.65. The third kappa shape index (κ3) is 8.26. The van der Waals surface area contributed by atoms with Crippen LogP contribution in [0.1, 0.15) is 6.23 Å². The van der Waals surface area contributed by atoms with E-state index in [9.17, 15) is 24.0 Å². The molecular formula is C21H30N14O7S. The zero-order valence-electron chi connectivity index (χ0n) is 22.6. The number of H-pyrrole nitrogens is 3. The highest BCUT2D eigenvalue weighted by Gasteiger charge is 2.43. The van der Waals surface area contributed by atoms with Crippen LogP contribution in [0.3, 0.4) is 0 Å². The van der Waals surface area contributed by atoms with Crippen LogP contribution >= 0.6 is 0 Å². The van der Waals surface area contributed by atoms with E-state index in [1.54, 1.807) is 12.5 Å². The fourth-order valence-electron chi connectivity index (χ4n) is 3.48. The minimum atomic E-state index is -1.35. The molecule has 0 amide bonds. The number of aromatic nitrogens is 10. The molecule has 22 heteroatoms. The molecule has 1 saturated heterocycles. The number of fused-ring (bicyclic) bond motifs is 2. The first-order valence-electron chi connectivity index (χ1n) is 12.0. The molecule has 0 spiro atoms. The van der Waals surface area contributed by atoms with E-state index < -0.39 is 53.2 Å². The van der Waals surface area contributed by atoms with Gasteiger partial charge in [0.1, 0.15) is 29.3 Å². The summed E-state index contributed by atoms with van der Waals surface area (Å²) in [7, 11) is -0.611. The lowest BCUT2D eigenvalue weighted by Gasteiger charge is -2.16. The van der Waals surface area contributed by atoms with Crippen LogP contribution in [0.15, 0.2) is 34.5 Å². The molecule has 5 aromatic heterocycles. The Morgan fingerprint density at radius 2 is 1.40 bits per heavy atom. The quantitative estimate of drug-likeness (QED) is 0.0901. The second kappa shape index (κ2) is 14.2. The summed E-state index contributed by atoms with van der Waals surface area (Å²) in [5.74, 6) is 0.930. The minimum absolute atomic E-state index is 0.141. The van der Waals surface area contributed by atoms with Crippen molar-refractivity contribution in [2.45, 2.75) is 24.5 Å². The van der Waals surface area contributed by atoms with E-state index in [2.05, 4.69) is 39.9 Å². The maximum Gasteiger partial charge on any atom is 0.330 e. The molecule has 0 saturated carbocycles. The Morgan fingerprint density at radius 3 is 1.81 bits per heavy atom. The van der Waals surface area contributed by atoms with Gasteiger partial charge in [0.15, 0.2) is 29.2 Å². The van der Waals surface area contributed by atoms with Gasteiger partial charge in [-0.15, -0.1) is 0 Å². The maximum absolute atomic E-state index is 11.4. The van der Waals surface area contributed by atoms with Gasteiger partial charge in [-0.1, -0.05) is 0 Å². The topological polar surface area (TPSA) is 355 Å². The van der Waals surface area contributed by atoms with Gasteiger partial charge in [0, 0.05) is 35.6 Å². The summed E-state index contributed by atoms with van der Waals surface area (Å²) in [6, 6.07) is 1.09. The first-order chi connectivity index (χ1) is 20.3. The number of aliphatic hydroxyl groups is 3. The predicted octanol–water partition coefficient (Wildman–Crippen LogP) is -3.82. The monoisotopic (exact) mass is 622 g/mol. The average molecular weight is 623 g/mol. The van der Waals surface area contributed by atoms with Crippen molar-refractivity contribution in [1.82, 2.24) is 49.4 Å². The Hall–Kier alpha value is -5.03. The van der Waals surface area contributed by atoms with Gasteiger partial charge < -0.3 is 53.0 Å². The van der Waals surface area contributed by atoms with Crippen molar-refractivity contribution in [2.24, 2.45) is 0 Å². The minimum Gasteiger partial charge on any atom is -0.394 e. The number of nitrogens with one attached hydrogen (secondary N) is 3. The van der Waals surface area contributed by atoms with Crippen LogP contribution in [-0.2, 0) is 15.5 Å². The van der Waals surface area contributed by atoms with Gasteiger partial charge in [-0.2, -0.15) is 19.9 Å². The number of hydrogen-bond acceptors (Lipinski definition) is 17. The Morgan fingerprint density at radius 1 is 0.907 bits per heavy atom. The highest BCUT2D eigenvalue weighted by atomic mass is 32.2. The number of aromatic amines is 3. The molecule has 1 fully saturated rings. The molecule has 4 atom stereocenters. The van der Waals surface area contributed by atoms with Gasteiger partial charge in [-0.3, -0.25) is 18.6 Å². The SMILES string of the molecule is CS(C)=O.Nc1nc(N)c2[nH]cnc2n1.Nc1nc(N)c2[nH]cnc2n1.O=c1ccn([C@@H]2O[C@H](CO)[C@@H](O)[C@H]2O)c(=O)[nH]1. The summed E-state index contributed by atoms with van der Waals surface area (Å²) >= 11 is 0. The summed E-state index contributed by atoms with van der Waals surface area (Å²) in [6.07, 6.45) is 2.69. The van der Waals surface area contributed by atoms with E-state index in [0.717, 1.165) is 16.8 Å². The van der Waals surface area contributed by atoms with Crippen LogP contribution in [0.2, 0.25) is 0 Å². The Balaban J connectivity index is 0.000000171. The van der Waals surface area contributed by atoms with Crippen molar-refractivity contribution in [2.75, 3.05) is 42.1 Å². The van der Waals surface area contributed by atoms with E-state index in [1.807, 2.05) is 4.98 Å². The summed E-state index contributed by atoms with van der Waals surface area (Å²) in [6.45, 7) is -0.479. The zero-order valence-corrected chi connectivity index (χ0v) is 23.5. The number of nitrogen functional groups attached to an aromatic ring is 4. The van der Waals surface area contributed by atoms with Crippen LogP contribution in [0, 0.1) is 0 Å². The molecule has 6 rings (SSSR count). The van der Waals surface area contributed by atoms with Crippen molar-refractivity contribution >= 4 is 56.7 Å². The van der Waals surface area contributed by atoms with Crippen LogP contribution < -0.4 is 34.2 Å². The van der Waals surface area contributed by atoms with Crippen molar-refractivity contribution in [3.63, 3.8) is 0 Å². The lowest BCUT2D eigenvalue weighted by atomic mass is 10.1. The van der Waals surface area contributed by atoms with E-state index in [1.165, 1.54) is 12.7 Å². The first kappa shape index (κ1) is 32.5. The molecule has 0 aromatic carbocycles. The standard InChI is InChI=1S/C9H12N2O6.2C5H6N6.C2H6OS/c12-3-4-6(14)7(15)8(17-4)11-2-1-5(13)10-9(11)16;2*6-3-2-4(9-1-8-2)11-5(7)10-3;1-4(2)3/h1-2,4,6-8,12,14-15H,3H2,(H,10,13,16);2*1H,(H5,6,7,8,9,10,11);1-2H3/t4-,6-,7-,8-;;;/m1.../s1. The van der Waals surface area contributed by atoms with E-state index in [0.29, 0.717) is 34.0 Å². The number of anilines is 4. The fourth-order valence-corrected chi connectivity index (χ4v) is 3.48. The lowest BCUT2D eigenvalue weighted by molar-refractivity contribution is -0.0550. The number of hydrogen-bond donors (Lipinski definition) is 10. The second-order valence-electron chi connectivity index (χ2n) is 8.62. The summed E-state index contributed by atoms with van der Waals surface area (Å²) in [4.78, 5) is 52.8. The van der Waals surface area contributed by atoms with Crippen LogP contribution in [0.5, 0.6) is 0 Å². The summed E-state index contributed by atoms with van der Waals surface area (Å²) in [5.41, 5.74) is 22.6. The van der Waals surface area contributed by atoms with Gasteiger partial charge >= 0.3 is 5.69 Å². The number of ether oxygens (including phenoxy) is 1. The third-order valence-corrected chi connectivity index (χ3v) is 5.30. The molecule has 1 aliphatic heterocycles.